The van der Waals surface area contributed by atoms with Gasteiger partial charge in [-0.3, -0.25) is 4.90 Å². The Balaban J connectivity index is 1.37. The van der Waals surface area contributed by atoms with Crippen LogP contribution in [0.25, 0.3) is 0 Å². The molecule has 2 fully saturated rings. The van der Waals surface area contributed by atoms with Crippen LogP contribution in [-0.4, -0.2) is 38.6 Å². The van der Waals surface area contributed by atoms with Crippen LogP contribution in [0.4, 0.5) is 0 Å². The van der Waals surface area contributed by atoms with Crippen LogP contribution in [-0.2, 0) is 32.5 Å². The molecule has 5 rings (SSSR count). The first-order chi connectivity index (χ1) is 12.8. The molecule has 0 amide bonds. The molecular weight excluding hydrogens is 342 g/mol. The fourth-order valence-corrected chi connectivity index (χ4v) is 6.21. The molecule has 0 bridgehead atoms. The van der Waals surface area contributed by atoms with E-state index in [0.717, 1.165) is 19.6 Å². The van der Waals surface area contributed by atoms with Crippen molar-refractivity contribution in [1.82, 2.24) is 24.8 Å². The molecule has 26 heavy (non-hydrogen) atoms. The number of hydrogen-bond acceptors (Lipinski definition) is 5. The van der Waals surface area contributed by atoms with Crippen molar-refractivity contribution >= 4 is 11.3 Å². The molecule has 0 aromatic carbocycles. The summed E-state index contributed by atoms with van der Waals surface area (Å²) >= 11 is 1.96. The molecule has 5 nitrogen and oxygen atoms in total. The Hall–Kier alpha value is -1.24. The standard InChI is InChI=1S/C20H29N5S/c1-2-24-11-10-22-18(24)13-25(17-12-20(17)6-8-21-9-7-20)14-19-23-15-4-3-5-16(15)26-19/h10-11,17,21H,2-9,12-14H2,1H3/t17-/m1/s1. The van der Waals surface area contributed by atoms with Gasteiger partial charge >= 0.3 is 0 Å². The van der Waals surface area contributed by atoms with Gasteiger partial charge in [-0.1, -0.05) is 0 Å². The first-order valence-corrected chi connectivity index (χ1v) is 11.0. The van der Waals surface area contributed by atoms with E-state index in [9.17, 15) is 0 Å². The van der Waals surface area contributed by atoms with Gasteiger partial charge in [0.05, 0.1) is 18.8 Å². The van der Waals surface area contributed by atoms with Gasteiger partial charge in [-0.15, -0.1) is 11.3 Å². The van der Waals surface area contributed by atoms with E-state index in [-0.39, 0.29) is 0 Å². The molecule has 1 aliphatic heterocycles. The molecule has 1 atom stereocenters. The van der Waals surface area contributed by atoms with Gasteiger partial charge in [0.15, 0.2) is 0 Å². The van der Waals surface area contributed by atoms with Crippen LogP contribution < -0.4 is 5.32 Å². The molecule has 1 N–H and O–H groups in total. The summed E-state index contributed by atoms with van der Waals surface area (Å²) < 4.78 is 2.28. The maximum atomic E-state index is 4.98. The number of thiazole rings is 1. The number of fused-ring (bicyclic) bond motifs is 1. The molecule has 2 aromatic rings. The van der Waals surface area contributed by atoms with E-state index in [2.05, 4.69) is 32.9 Å². The van der Waals surface area contributed by atoms with Crippen molar-refractivity contribution in [3.05, 3.63) is 33.8 Å². The highest BCUT2D eigenvalue weighted by molar-refractivity contribution is 7.11. The fraction of sp³-hybridized carbons (Fsp3) is 0.700. The third-order valence-electron chi connectivity index (χ3n) is 6.65. The average Bonchev–Trinajstić information content (AvgIpc) is 3.05. The van der Waals surface area contributed by atoms with E-state index in [1.54, 1.807) is 4.88 Å². The highest BCUT2D eigenvalue weighted by Crippen LogP contribution is 2.56. The topological polar surface area (TPSA) is 46.0 Å². The number of nitrogens with zero attached hydrogens (tertiary/aromatic N) is 4. The fourth-order valence-electron chi connectivity index (χ4n) is 5.03. The minimum Gasteiger partial charge on any atom is -0.334 e. The smallest absolute Gasteiger partial charge is 0.122 e. The first kappa shape index (κ1) is 16.9. The minimum atomic E-state index is 0.550. The van der Waals surface area contributed by atoms with Gasteiger partial charge in [-0.25, -0.2) is 9.97 Å². The Morgan fingerprint density at radius 3 is 3.00 bits per heavy atom. The summed E-state index contributed by atoms with van der Waals surface area (Å²) in [5.74, 6) is 1.20. The zero-order chi connectivity index (χ0) is 17.6. The molecule has 1 saturated carbocycles. The van der Waals surface area contributed by atoms with Gasteiger partial charge in [0.1, 0.15) is 10.8 Å². The van der Waals surface area contributed by atoms with Crippen molar-refractivity contribution in [3.8, 4) is 0 Å². The van der Waals surface area contributed by atoms with Crippen LogP contribution >= 0.6 is 11.3 Å². The number of piperidine rings is 1. The van der Waals surface area contributed by atoms with Crippen LogP contribution in [0, 0.1) is 5.41 Å². The molecule has 6 heteroatoms. The predicted octanol–water partition coefficient (Wildman–Crippen LogP) is 2.99. The molecule has 1 spiro atoms. The molecule has 0 unspecified atom stereocenters. The number of aromatic nitrogens is 3. The number of aryl methyl sites for hydroxylation is 3. The van der Waals surface area contributed by atoms with E-state index < -0.39 is 0 Å². The summed E-state index contributed by atoms with van der Waals surface area (Å²) in [5.41, 5.74) is 1.93. The molecule has 1 saturated heterocycles. The van der Waals surface area contributed by atoms with Crippen molar-refractivity contribution in [2.75, 3.05) is 13.1 Å². The predicted molar refractivity (Wildman–Crippen MR) is 104 cm³/mol. The average molecular weight is 372 g/mol. The summed E-state index contributed by atoms with van der Waals surface area (Å²) in [6, 6.07) is 0.699. The summed E-state index contributed by atoms with van der Waals surface area (Å²) in [4.78, 5) is 13.9. The van der Waals surface area contributed by atoms with Crippen LogP contribution in [0.5, 0.6) is 0 Å². The Bertz CT molecular complexity index is 752. The molecule has 0 radical (unpaired) electrons. The van der Waals surface area contributed by atoms with E-state index in [0.29, 0.717) is 11.5 Å². The first-order valence-electron chi connectivity index (χ1n) is 10.2. The molecule has 140 valence electrons. The van der Waals surface area contributed by atoms with E-state index in [4.69, 9.17) is 4.98 Å². The lowest BCUT2D eigenvalue weighted by molar-refractivity contribution is 0.182. The quantitative estimate of drug-likeness (QED) is 0.848. The summed E-state index contributed by atoms with van der Waals surface area (Å²) in [6.07, 6.45) is 11.8. The Labute approximate surface area is 159 Å². The van der Waals surface area contributed by atoms with E-state index in [1.165, 1.54) is 68.1 Å². The monoisotopic (exact) mass is 371 g/mol. The van der Waals surface area contributed by atoms with Crippen molar-refractivity contribution in [1.29, 1.82) is 0 Å². The normalized spacial score (nSPS) is 23.7. The summed E-state index contributed by atoms with van der Waals surface area (Å²) in [6.45, 7) is 7.50. The van der Waals surface area contributed by atoms with Crippen molar-refractivity contribution in [2.24, 2.45) is 5.41 Å². The zero-order valence-electron chi connectivity index (χ0n) is 15.7. The lowest BCUT2D eigenvalue weighted by Gasteiger charge is -2.29. The zero-order valence-corrected chi connectivity index (χ0v) is 16.5. The number of rotatable bonds is 6. The van der Waals surface area contributed by atoms with Gasteiger partial charge in [0.2, 0.25) is 0 Å². The third kappa shape index (κ3) is 3.02. The summed E-state index contributed by atoms with van der Waals surface area (Å²) in [7, 11) is 0. The second-order valence-corrected chi connectivity index (χ2v) is 9.37. The third-order valence-corrected chi connectivity index (χ3v) is 7.79. The molecular formula is C20H29N5S. The van der Waals surface area contributed by atoms with Crippen LogP contribution in [0.2, 0.25) is 0 Å². The van der Waals surface area contributed by atoms with Crippen LogP contribution in [0.1, 0.15) is 54.0 Å². The Kier molecular flexibility index (Phi) is 4.38. The van der Waals surface area contributed by atoms with Gasteiger partial charge in [-0.05, 0) is 64.0 Å². The van der Waals surface area contributed by atoms with Crippen molar-refractivity contribution in [2.45, 2.75) is 71.1 Å². The molecule has 2 aromatic heterocycles. The number of nitrogens with one attached hydrogen (secondary N) is 1. The van der Waals surface area contributed by atoms with Crippen molar-refractivity contribution in [3.63, 3.8) is 0 Å². The SMILES string of the molecule is CCn1ccnc1CN(Cc1nc2c(s1)CCC2)[C@@H]1CC12CCNCC2. The Morgan fingerprint density at radius 1 is 1.31 bits per heavy atom. The highest BCUT2D eigenvalue weighted by atomic mass is 32.1. The van der Waals surface area contributed by atoms with Crippen molar-refractivity contribution < 1.29 is 0 Å². The van der Waals surface area contributed by atoms with Crippen LogP contribution in [0.3, 0.4) is 0 Å². The maximum Gasteiger partial charge on any atom is 0.122 e. The van der Waals surface area contributed by atoms with Gasteiger partial charge < -0.3 is 9.88 Å². The molecule has 3 aliphatic rings. The van der Waals surface area contributed by atoms with Crippen LogP contribution in [0.15, 0.2) is 12.4 Å². The second-order valence-electron chi connectivity index (χ2n) is 8.20. The largest absolute Gasteiger partial charge is 0.334 e. The van der Waals surface area contributed by atoms with E-state index in [1.807, 2.05) is 17.5 Å². The summed E-state index contributed by atoms with van der Waals surface area (Å²) in [5, 5.41) is 4.85. The number of imidazole rings is 1. The molecule has 2 aliphatic carbocycles. The minimum absolute atomic E-state index is 0.550. The van der Waals surface area contributed by atoms with Gasteiger partial charge in [0.25, 0.3) is 0 Å². The highest BCUT2D eigenvalue weighted by Gasteiger charge is 2.56. The van der Waals surface area contributed by atoms with E-state index >= 15 is 0 Å². The Morgan fingerprint density at radius 2 is 2.19 bits per heavy atom. The second kappa shape index (κ2) is 6.73. The lowest BCUT2D eigenvalue weighted by Crippen LogP contribution is -2.36. The maximum absolute atomic E-state index is 4.98. The van der Waals surface area contributed by atoms with Gasteiger partial charge in [0, 0.05) is 29.9 Å². The number of hydrogen-bond donors (Lipinski definition) is 1. The molecule has 3 heterocycles. The lowest BCUT2D eigenvalue weighted by atomic mass is 9.93. The van der Waals surface area contributed by atoms with Gasteiger partial charge in [-0.2, -0.15) is 0 Å².